The molecule has 7 heteroatoms. The lowest BCUT2D eigenvalue weighted by atomic mass is 10.1. The molecule has 2 aromatic rings. The van der Waals surface area contributed by atoms with Gasteiger partial charge in [-0.15, -0.1) is 0 Å². The smallest absolute Gasteiger partial charge is 0.254 e. The van der Waals surface area contributed by atoms with Gasteiger partial charge < -0.3 is 24.0 Å². The van der Waals surface area contributed by atoms with Gasteiger partial charge in [0.2, 0.25) is 0 Å². The van der Waals surface area contributed by atoms with Gasteiger partial charge in [0.1, 0.15) is 18.1 Å². The normalized spacial score (nSPS) is 18.7. The molecular formula is C24H28N2O5. The summed E-state index contributed by atoms with van der Waals surface area (Å²) in [5, 5.41) is 0. The highest BCUT2D eigenvalue weighted by Gasteiger charge is 2.30. The summed E-state index contributed by atoms with van der Waals surface area (Å²) in [4.78, 5) is 29.2. The molecule has 2 aliphatic heterocycles. The largest absolute Gasteiger partial charge is 0.497 e. The van der Waals surface area contributed by atoms with E-state index in [0.717, 1.165) is 25.1 Å². The highest BCUT2D eigenvalue weighted by molar-refractivity contribution is 5.95. The predicted molar refractivity (Wildman–Crippen MR) is 116 cm³/mol. The molecule has 1 atom stereocenters. The van der Waals surface area contributed by atoms with Crippen LogP contribution in [-0.2, 0) is 4.74 Å². The van der Waals surface area contributed by atoms with Crippen LogP contribution in [0.2, 0.25) is 0 Å². The van der Waals surface area contributed by atoms with Gasteiger partial charge in [0.25, 0.3) is 11.8 Å². The van der Waals surface area contributed by atoms with E-state index >= 15 is 0 Å². The van der Waals surface area contributed by atoms with E-state index in [1.807, 2.05) is 17.0 Å². The molecule has 0 aliphatic carbocycles. The second-order valence-electron chi connectivity index (χ2n) is 7.76. The summed E-state index contributed by atoms with van der Waals surface area (Å²) < 4.78 is 16.4. The Morgan fingerprint density at radius 1 is 0.903 bits per heavy atom. The number of amides is 2. The second-order valence-corrected chi connectivity index (χ2v) is 7.76. The molecule has 0 N–H and O–H groups in total. The zero-order chi connectivity index (χ0) is 21.6. The number of rotatable bonds is 6. The number of ether oxygens (including phenoxy) is 3. The molecule has 2 fully saturated rings. The monoisotopic (exact) mass is 424 g/mol. The van der Waals surface area contributed by atoms with E-state index in [2.05, 4.69) is 0 Å². The number of carbonyl (C=O) groups excluding carboxylic acids is 2. The fourth-order valence-corrected chi connectivity index (χ4v) is 4.01. The fourth-order valence-electron chi connectivity index (χ4n) is 4.01. The van der Waals surface area contributed by atoms with Crippen LogP contribution in [0.1, 0.15) is 33.6 Å². The summed E-state index contributed by atoms with van der Waals surface area (Å²) in [6.45, 7) is 3.57. The molecule has 2 heterocycles. The summed E-state index contributed by atoms with van der Waals surface area (Å²) in [6.07, 6.45) is 1.87. The third-order valence-corrected chi connectivity index (χ3v) is 5.82. The van der Waals surface area contributed by atoms with Gasteiger partial charge in [0, 0.05) is 30.8 Å². The molecule has 164 valence electrons. The first-order valence-corrected chi connectivity index (χ1v) is 10.7. The summed E-state index contributed by atoms with van der Waals surface area (Å²) in [5.74, 6) is 1.46. The molecule has 1 unspecified atom stereocenters. The first-order chi connectivity index (χ1) is 15.2. The first-order valence-electron chi connectivity index (χ1n) is 10.7. The van der Waals surface area contributed by atoms with Crippen LogP contribution in [0.3, 0.4) is 0 Å². The highest BCUT2D eigenvalue weighted by Crippen LogP contribution is 2.23. The van der Waals surface area contributed by atoms with Crippen molar-refractivity contribution < 1.29 is 23.8 Å². The van der Waals surface area contributed by atoms with Crippen molar-refractivity contribution in [1.82, 2.24) is 9.80 Å². The van der Waals surface area contributed by atoms with E-state index < -0.39 is 0 Å². The number of hydrogen-bond acceptors (Lipinski definition) is 5. The zero-order valence-corrected chi connectivity index (χ0v) is 17.8. The number of morpholine rings is 1. The lowest BCUT2D eigenvalue weighted by Crippen LogP contribution is -2.40. The molecule has 0 radical (unpaired) electrons. The number of methoxy groups -OCH3 is 1. The van der Waals surface area contributed by atoms with Crippen molar-refractivity contribution in [1.29, 1.82) is 0 Å². The molecule has 0 saturated carbocycles. The molecule has 0 aromatic heterocycles. The third kappa shape index (κ3) is 4.99. The average molecular weight is 424 g/mol. The molecule has 2 aliphatic rings. The number of hydrogen-bond donors (Lipinski definition) is 0. The number of carbonyl (C=O) groups is 2. The van der Waals surface area contributed by atoms with Crippen molar-refractivity contribution in [3.8, 4) is 11.5 Å². The zero-order valence-electron chi connectivity index (χ0n) is 17.8. The summed E-state index contributed by atoms with van der Waals surface area (Å²) in [7, 11) is 1.61. The number of benzene rings is 2. The van der Waals surface area contributed by atoms with Crippen molar-refractivity contribution in [2.24, 2.45) is 0 Å². The van der Waals surface area contributed by atoms with Crippen LogP contribution < -0.4 is 9.47 Å². The second kappa shape index (κ2) is 9.83. The van der Waals surface area contributed by atoms with Crippen LogP contribution in [0.15, 0.2) is 48.5 Å². The molecule has 4 rings (SSSR count). The fraction of sp³-hybridized carbons (Fsp3) is 0.417. The van der Waals surface area contributed by atoms with Gasteiger partial charge in [0.05, 0.1) is 26.4 Å². The standard InChI is InChI=1S/C24H28N2O5/c1-29-21-8-4-19(5-9-21)24(28)26-12-2-3-20(26)17-31-22-10-6-18(7-11-22)23(27)25-13-15-30-16-14-25/h4-11,20H,2-3,12-17H2,1H3. The minimum absolute atomic E-state index is 0.0141. The van der Waals surface area contributed by atoms with Gasteiger partial charge >= 0.3 is 0 Å². The van der Waals surface area contributed by atoms with Crippen LogP contribution >= 0.6 is 0 Å². The van der Waals surface area contributed by atoms with E-state index in [-0.39, 0.29) is 17.9 Å². The van der Waals surface area contributed by atoms with Crippen molar-refractivity contribution in [2.75, 3.05) is 46.6 Å². The number of nitrogens with zero attached hydrogens (tertiary/aromatic N) is 2. The van der Waals surface area contributed by atoms with Crippen molar-refractivity contribution in [3.05, 3.63) is 59.7 Å². The van der Waals surface area contributed by atoms with Gasteiger partial charge in [-0.3, -0.25) is 9.59 Å². The van der Waals surface area contributed by atoms with Gasteiger partial charge in [0.15, 0.2) is 0 Å². The molecule has 2 aromatic carbocycles. The maximum absolute atomic E-state index is 12.9. The Hall–Kier alpha value is -3.06. The maximum atomic E-state index is 12.9. The van der Waals surface area contributed by atoms with Gasteiger partial charge in [-0.25, -0.2) is 0 Å². The first kappa shape index (κ1) is 21.2. The van der Waals surface area contributed by atoms with E-state index in [9.17, 15) is 9.59 Å². The maximum Gasteiger partial charge on any atom is 0.254 e. The topological polar surface area (TPSA) is 68.3 Å². The molecule has 0 bridgehead atoms. The van der Waals surface area contributed by atoms with E-state index in [0.29, 0.717) is 49.8 Å². The Morgan fingerprint density at radius 2 is 1.52 bits per heavy atom. The average Bonchev–Trinajstić information content (AvgIpc) is 3.31. The van der Waals surface area contributed by atoms with Gasteiger partial charge in [-0.05, 0) is 61.4 Å². The predicted octanol–water partition coefficient (Wildman–Crippen LogP) is 2.85. The Balaban J connectivity index is 1.33. The molecular weight excluding hydrogens is 396 g/mol. The Bertz CT molecular complexity index is 891. The highest BCUT2D eigenvalue weighted by atomic mass is 16.5. The van der Waals surface area contributed by atoms with Crippen molar-refractivity contribution in [3.63, 3.8) is 0 Å². The van der Waals surface area contributed by atoms with Gasteiger partial charge in [-0.2, -0.15) is 0 Å². The van der Waals surface area contributed by atoms with E-state index in [4.69, 9.17) is 14.2 Å². The lowest BCUT2D eigenvalue weighted by molar-refractivity contribution is 0.0303. The Labute approximate surface area is 182 Å². The third-order valence-electron chi connectivity index (χ3n) is 5.82. The molecule has 31 heavy (non-hydrogen) atoms. The van der Waals surface area contributed by atoms with Crippen LogP contribution in [0.25, 0.3) is 0 Å². The van der Waals surface area contributed by atoms with Crippen molar-refractivity contribution >= 4 is 11.8 Å². The summed E-state index contributed by atoms with van der Waals surface area (Å²) >= 11 is 0. The summed E-state index contributed by atoms with van der Waals surface area (Å²) in [5.41, 5.74) is 1.30. The molecule has 7 nitrogen and oxygen atoms in total. The van der Waals surface area contributed by atoms with Crippen LogP contribution in [0.4, 0.5) is 0 Å². The minimum Gasteiger partial charge on any atom is -0.497 e. The minimum atomic E-state index is 0.0141. The van der Waals surface area contributed by atoms with E-state index in [1.54, 1.807) is 48.4 Å². The van der Waals surface area contributed by atoms with Crippen LogP contribution in [-0.4, -0.2) is 74.2 Å². The lowest BCUT2D eigenvalue weighted by Gasteiger charge is -2.27. The van der Waals surface area contributed by atoms with Crippen LogP contribution in [0, 0.1) is 0 Å². The molecule has 2 saturated heterocycles. The SMILES string of the molecule is COc1ccc(C(=O)N2CCCC2COc2ccc(C(=O)N3CCOCC3)cc2)cc1. The van der Waals surface area contributed by atoms with Crippen LogP contribution in [0.5, 0.6) is 11.5 Å². The van der Waals surface area contributed by atoms with E-state index in [1.165, 1.54) is 0 Å². The number of likely N-dealkylation sites (tertiary alicyclic amines) is 1. The molecule has 2 amide bonds. The Kier molecular flexibility index (Phi) is 6.72. The summed E-state index contributed by atoms with van der Waals surface area (Å²) in [6, 6.07) is 14.4. The quantitative estimate of drug-likeness (QED) is 0.713. The van der Waals surface area contributed by atoms with Crippen molar-refractivity contribution in [2.45, 2.75) is 18.9 Å². The molecule has 0 spiro atoms. The van der Waals surface area contributed by atoms with Gasteiger partial charge in [-0.1, -0.05) is 0 Å². The Morgan fingerprint density at radius 3 is 2.16 bits per heavy atom.